The molecule has 2 aromatic rings. The van der Waals surface area contributed by atoms with E-state index >= 15 is 0 Å². The fourth-order valence-electron chi connectivity index (χ4n) is 4.15. The zero-order valence-corrected chi connectivity index (χ0v) is 16.5. The highest BCUT2D eigenvalue weighted by Gasteiger charge is 2.45. The van der Waals surface area contributed by atoms with Gasteiger partial charge in [0.05, 0.1) is 12.1 Å². The van der Waals surface area contributed by atoms with Crippen molar-refractivity contribution in [2.24, 2.45) is 15.9 Å². The normalized spacial score (nSPS) is 23.6. The average Bonchev–Trinajstić information content (AvgIpc) is 3.32. The number of carbonyl (C=O) groups excluding carboxylic acids is 1. The Bertz CT molecular complexity index is 1090. The van der Waals surface area contributed by atoms with Crippen LogP contribution in [0.5, 0.6) is 0 Å². The lowest BCUT2D eigenvalue weighted by Gasteiger charge is -2.40. The summed E-state index contributed by atoms with van der Waals surface area (Å²) < 4.78 is 30.4. The molecule has 5 rings (SSSR count). The Morgan fingerprint density at radius 1 is 1.34 bits per heavy atom. The van der Waals surface area contributed by atoms with Crippen LogP contribution >= 0.6 is 11.3 Å². The SMILES string of the molecule is CC1=NC2=NCNN2C(C2CN(C(=O)c3csc4ccccc34)CC(F)(F)C2)=C1. The lowest BCUT2D eigenvalue weighted by atomic mass is 9.90. The zero-order valence-electron chi connectivity index (χ0n) is 15.7. The van der Waals surface area contributed by atoms with Crippen molar-refractivity contribution in [2.45, 2.75) is 19.3 Å². The van der Waals surface area contributed by atoms with Gasteiger partial charge < -0.3 is 4.90 Å². The quantitative estimate of drug-likeness (QED) is 0.817. The molecule has 1 unspecified atom stereocenters. The zero-order chi connectivity index (χ0) is 20.2. The Morgan fingerprint density at radius 3 is 3.03 bits per heavy atom. The van der Waals surface area contributed by atoms with Crippen molar-refractivity contribution in [3.63, 3.8) is 0 Å². The summed E-state index contributed by atoms with van der Waals surface area (Å²) in [6, 6.07) is 7.55. The molecule has 0 bridgehead atoms. The first-order valence-corrected chi connectivity index (χ1v) is 10.3. The van der Waals surface area contributed by atoms with E-state index in [-0.39, 0.29) is 18.9 Å². The Balaban J connectivity index is 1.47. The molecular formula is C20H19F2N5OS. The maximum Gasteiger partial charge on any atom is 0.266 e. The number of amides is 1. The molecule has 0 aliphatic carbocycles. The molecule has 29 heavy (non-hydrogen) atoms. The van der Waals surface area contributed by atoms with Gasteiger partial charge in [-0.05, 0) is 19.1 Å². The molecular weight excluding hydrogens is 396 g/mol. The van der Waals surface area contributed by atoms with Gasteiger partial charge in [-0.25, -0.2) is 29.2 Å². The molecule has 1 N–H and O–H groups in total. The molecule has 3 aliphatic rings. The average molecular weight is 415 g/mol. The van der Waals surface area contributed by atoms with Gasteiger partial charge in [0.2, 0.25) is 5.96 Å². The summed E-state index contributed by atoms with van der Waals surface area (Å²) in [4.78, 5) is 23.1. The standard InChI is InChI=1S/C20H19F2N5OS/c1-12-6-16(27-19(25-12)23-11-24-27)13-7-20(21,22)10-26(8-13)18(28)15-9-29-17-5-3-2-4-14(15)17/h2-6,9,13,24H,7-8,10-11H2,1H3. The van der Waals surface area contributed by atoms with E-state index in [0.29, 0.717) is 29.6 Å². The summed E-state index contributed by atoms with van der Waals surface area (Å²) in [6.07, 6.45) is 1.48. The van der Waals surface area contributed by atoms with Crippen molar-refractivity contribution >= 4 is 39.0 Å². The van der Waals surface area contributed by atoms with Crippen LogP contribution in [0.15, 0.2) is 51.4 Å². The monoisotopic (exact) mass is 415 g/mol. The second-order valence-electron chi connectivity index (χ2n) is 7.52. The maximum absolute atomic E-state index is 14.7. The van der Waals surface area contributed by atoms with Crippen LogP contribution in [-0.2, 0) is 0 Å². The van der Waals surface area contributed by atoms with Crippen LogP contribution < -0.4 is 5.43 Å². The van der Waals surface area contributed by atoms with E-state index in [1.165, 1.54) is 16.2 Å². The predicted octanol–water partition coefficient (Wildman–Crippen LogP) is 3.49. The van der Waals surface area contributed by atoms with E-state index in [9.17, 15) is 13.6 Å². The number of allylic oxidation sites excluding steroid dienone is 1. The molecule has 3 aliphatic heterocycles. The van der Waals surface area contributed by atoms with Gasteiger partial charge in [-0.1, -0.05) is 18.2 Å². The molecule has 150 valence electrons. The van der Waals surface area contributed by atoms with Gasteiger partial charge in [-0.2, -0.15) is 0 Å². The van der Waals surface area contributed by atoms with E-state index in [4.69, 9.17) is 0 Å². The summed E-state index contributed by atoms with van der Waals surface area (Å²) in [6.45, 7) is 1.83. The summed E-state index contributed by atoms with van der Waals surface area (Å²) in [5.41, 5.74) is 4.94. The third-order valence-electron chi connectivity index (χ3n) is 5.37. The lowest BCUT2D eigenvalue weighted by Crippen LogP contribution is -2.52. The molecule has 4 heterocycles. The highest BCUT2D eigenvalue weighted by atomic mass is 32.1. The number of alkyl halides is 2. The number of rotatable bonds is 2. The van der Waals surface area contributed by atoms with Gasteiger partial charge in [0.25, 0.3) is 11.8 Å². The number of benzene rings is 1. The number of thiophene rings is 1. The number of halogens is 2. The number of likely N-dealkylation sites (tertiary alicyclic amines) is 1. The lowest BCUT2D eigenvalue weighted by molar-refractivity contribution is -0.0724. The van der Waals surface area contributed by atoms with Crippen LogP contribution in [0.3, 0.4) is 0 Å². The number of fused-ring (bicyclic) bond motifs is 2. The van der Waals surface area contributed by atoms with Gasteiger partial charge >= 0.3 is 0 Å². The fraction of sp³-hybridized carbons (Fsp3) is 0.350. The maximum atomic E-state index is 14.7. The van der Waals surface area contributed by atoms with E-state index in [0.717, 1.165) is 10.1 Å². The van der Waals surface area contributed by atoms with Crippen LogP contribution in [0.4, 0.5) is 8.78 Å². The fourth-order valence-corrected chi connectivity index (χ4v) is 5.08. The molecule has 0 spiro atoms. The number of nitrogens with zero attached hydrogens (tertiary/aromatic N) is 4. The van der Waals surface area contributed by atoms with Crippen molar-refractivity contribution in [3.8, 4) is 0 Å². The van der Waals surface area contributed by atoms with Crippen molar-refractivity contribution in [1.29, 1.82) is 0 Å². The minimum atomic E-state index is -2.97. The van der Waals surface area contributed by atoms with E-state index in [1.54, 1.807) is 16.5 Å². The molecule has 1 amide bonds. The number of guanidine groups is 1. The van der Waals surface area contributed by atoms with Crippen LogP contribution in [0.1, 0.15) is 23.7 Å². The number of hydrogen-bond donors (Lipinski definition) is 1. The van der Waals surface area contributed by atoms with E-state index in [1.807, 2.05) is 31.2 Å². The number of carbonyl (C=O) groups is 1. The van der Waals surface area contributed by atoms with Crippen LogP contribution in [0.2, 0.25) is 0 Å². The molecule has 0 radical (unpaired) electrons. The van der Waals surface area contributed by atoms with Crippen molar-refractivity contribution < 1.29 is 13.6 Å². The third-order valence-corrected chi connectivity index (χ3v) is 6.33. The first-order valence-electron chi connectivity index (χ1n) is 9.40. The van der Waals surface area contributed by atoms with Crippen LogP contribution in [0, 0.1) is 5.92 Å². The first-order chi connectivity index (χ1) is 13.9. The van der Waals surface area contributed by atoms with E-state index in [2.05, 4.69) is 15.4 Å². The predicted molar refractivity (Wildman–Crippen MR) is 109 cm³/mol. The Hall–Kier alpha value is -2.65. The summed E-state index contributed by atoms with van der Waals surface area (Å²) in [5, 5.41) is 4.24. The summed E-state index contributed by atoms with van der Waals surface area (Å²) in [5.74, 6) is -3.36. The number of hydrazine groups is 1. The minimum Gasteiger partial charge on any atom is -0.332 e. The minimum absolute atomic E-state index is 0.225. The second kappa shape index (κ2) is 6.70. The van der Waals surface area contributed by atoms with Crippen molar-refractivity contribution in [2.75, 3.05) is 19.8 Å². The Kier molecular flexibility index (Phi) is 4.25. The molecule has 1 aromatic carbocycles. The van der Waals surface area contributed by atoms with Gasteiger partial charge in [-0.15, -0.1) is 11.3 Å². The summed E-state index contributed by atoms with van der Waals surface area (Å²) in [7, 11) is 0. The summed E-state index contributed by atoms with van der Waals surface area (Å²) >= 11 is 1.45. The van der Waals surface area contributed by atoms with E-state index < -0.39 is 18.4 Å². The Morgan fingerprint density at radius 2 is 2.17 bits per heavy atom. The number of nitrogens with one attached hydrogen (secondary N) is 1. The number of piperidine rings is 1. The van der Waals surface area contributed by atoms with Crippen LogP contribution in [-0.4, -0.2) is 53.2 Å². The number of aliphatic imine (C=N–C) groups is 2. The van der Waals surface area contributed by atoms with Crippen molar-refractivity contribution in [1.82, 2.24) is 15.3 Å². The molecule has 1 saturated heterocycles. The van der Waals surface area contributed by atoms with Crippen LogP contribution in [0.25, 0.3) is 10.1 Å². The van der Waals surface area contributed by atoms with Gasteiger partial charge in [0.15, 0.2) is 0 Å². The van der Waals surface area contributed by atoms with Gasteiger partial charge in [-0.3, -0.25) is 4.79 Å². The largest absolute Gasteiger partial charge is 0.332 e. The third kappa shape index (κ3) is 3.24. The first kappa shape index (κ1) is 18.4. The van der Waals surface area contributed by atoms with Gasteiger partial charge in [0, 0.05) is 45.8 Å². The molecule has 1 atom stereocenters. The second-order valence-corrected chi connectivity index (χ2v) is 8.43. The molecule has 9 heteroatoms. The number of hydrogen-bond acceptors (Lipinski definition) is 6. The highest BCUT2D eigenvalue weighted by molar-refractivity contribution is 7.17. The molecule has 0 saturated carbocycles. The molecule has 1 fully saturated rings. The molecule has 6 nitrogen and oxygen atoms in total. The van der Waals surface area contributed by atoms with Gasteiger partial charge in [0.1, 0.15) is 6.67 Å². The van der Waals surface area contributed by atoms with Crippen molar-refractivity contribution in [3.05, 3.63) is 47.0 Å². The molecule has 1 aromatic heterocycles. The smallest absolute Gasteiger partial charge is 0.266 e. The Labute approximate surface area is 170 Å². The highest BCUT2D eigenvalue weighted by Crippen LogP contribution is 2.37. The topological polar surface area (TPSA) is 60.3 Å².